The molecule has 1 fully saturated rings. The second-order valence-electron chi connectivity index (χ2n) is 7.75. The van der Waals surface area contributed by atoms with E-state index in [4.69, 9.17) is 6.42 Å². The zero-order valence-electron chi connectivity index (χ0n) is 15.1. The quantitative estimate of drug-likeness (QED) is 0.818. The zero-order chi connectivity index (χ0) is 18.6. The van der Waals surface area contributed by atoms with E-state index in [1.165, 1.54) is 4.90 Å². The summed E-state index contributed by atoms with van der Waals surface area (Å²) < 4.78 is 0. The van der Waals surface area contributed by atoms with E-state index in [0.717, 1.165) is 11.1 Å². The number of aliphatic hydroxyl groups excluding tert-OH is 1. The second kappa shape index (κ2) is 7.71. The Kier molecular flexibility index (Phi) is 5.86. The van der Waals surface area contributed by atoms with Gasteiger partial charge in [-0.1, -0.05) is 38.8 Å². The third kappa shape index (κ3) is 5.33. The predicted molar refractivity (Wildman–Crippen MR) is 96.4 cm³/mol. The lowest BCUT2D eigenvalue weighted by Crippen LogP contribution is -2.46. The lowest BCUT2D eigenvalue weighted by molar-refractivity contribution is -0.140. The van der Waals surface area contributed by atoms with Crippen molar-refractivity contribution in [1.82, 2.24) is 10.2 Å². The summed E-state index contributed by atoms with van der Waals surface area (Å²) in [6.07, 6.45) is 5.29. The predicted octanol–water partition coefficient (Wildman–Crippen LogP) is 1.68. The number of rotatable bonds is 4. The minimum atomic E-state index is -0.658. The van der Waals surface area contributed by atoms with E-state index in [-0.39, 0.29) is 30.2 Å². The molecule has 1 saturated heterocycles. The van der Waals surface area contributed by atoms with Gasteiger partial charge in [-0.2, -0.15) is 0 Å². The first-order chi connectivity index (χ1) is 11.7. The number of benzene rings is 1. The monoisotopic (exact) mass is 342 g/mol. The average Bonchev–Trinajstić information content (AvgIpc) is 2.93. The lowest BCUT2D eigenvalue weighted by atomic mass is 9.91. The molecule has 1 aromatic rings. The van der Waals surface area contributed by atoms with Crippen molar-refractivity contribution in [2.45, 2.75) is 52.3 Å². The molecule has 0 bridgehead atoms. The van der Waals surface area contributed by atoms with Crippen molar-refractivity contribution in [2.24, 2.45) is 5.41 Å². The number of likely N-dealkylation sites (tertiary alicyclic amines) is 1. The Labute approximate surface area is 149 Å². The molecule has 2 N–H and O–H groups in total. The topological polar surface area (TPSA) is 69.6 Å². The molecule has 0 aromatic heterocycles. The summed E-state index contributed by atoms with van der Waals surface area (Å²) >= 11 is 0. The van der Waals surface area contributed by atoms with Crippen LogP contribution in [0.5, 0.6) is 0 Å². The van der Waals surface area contributed by atoms with Gasteiger partial charge in [-0.15, -0.1) is 6.42 Å². The van der Waals surface area contributed by atoms with Gasteiger partial charge in [-0.25, -0.2) is 0 Å². The lowest BCUT2D eigenvalue weighted by Gasteiger charge is -2.27. The minimum absolute atomic E-state index is 0.0948. The Hall–Kier alpha value is -2.32. The van der Waals surface area contributed by atoms with Gasteiger partial charge in [-0.05, 0) is 23.1 Å². The number of hydrogen-bond acceptors (Lipinski definition) is 3. The maximum Gasteiger partial charge on any atom is 0.243 e. The minimum Gasteiger partial charge on any atom is -0.391 e. The third-order valence-electron chi connectivity index (χ3n) is 4.17. The number of β-amino-alcohol motifs (C(OH)–C–C–N with tert-alkyl or cyclic N) is 1. The summed E-state index contributed by atoms with van der Waals surface area (Å²) in [4.78, 5) is 26.5. The summed E-state index contributed by atoms with van der Waals surface area (Å²) in [5.74, 6) is 2.22. The zero-order valence-corrected chi connectivity index (χ0v) is 15.1. The Morgan fingerprint density at radius 3 is 2.52 bits per heavy atom. The number of aliphatic hydroxyl groups is 1. The van der Waals surface area contributed by atoms with Crippen molar-refractivity contribution in [3.8, 4) is 12.3 Å². The highest BCUT2D eigenvalue weighted by molar-refractivity contribution is 5.88. The van der Waals surface area contributed by atoms with Crippen molar-refractivity contribution in [2.75, 3.05) is 6.54 Å². The van der Waals surface area contributed by atoms with Crippen molar-refractivity contribution >= 4 is 11.8 Å². The Bertz CT molecular complexity index is 668. The van der Waals surface area contributed by atoms with Crippen LogP contribution in [-0.4, -0.2) is 40.5 Å². The molecule has 134 valence electrons. The second-order valence-corrected chi connectivity index (χ2v) is 7.75. The van der Waals surface area contributed by atoms with Crippen molar-refractivity contribution in [1.29, 1.82) is 0 Å². The van der Waals surface area contributed by atoms with Gasteiger partial charge in [-0.3, -0.25) is 9.59 Å². The van der Waals surface area contributed by atoms with Crippen molar-refractivity contribution in [3.63, 3.8) is 0 Å². The number of hydrogen-bond donors (Lipinski definition) is 2. The van der Waals surface area contributed by atoms with Gasteiger partial charge >= 0.3 is 0 Å². The standard InChI is InChI=1S/C20H26N2O3/c1-5-14-6-8-15(9-7-14)12-21-19(25)17-10-16(23)13-22(17)18(24)11-20(2,3)4/h1,6-9,16-17,23H,10-13H2,2-4H3,(H,21,25)/t16-,17+/m1/s1. The number of terminal acetylenes is 1. The van der Waals surface area contributed by atoms with Gasteiger partial charge in [0.2, 0.25) is 11.8 Å². The molecular formula is C20H26N2O3. The Morgan fingerprint density at radius 1 is 1.32 bits per heavy atom. The van der Waals surface area contributed by atoms with Crippen LogP contribution in [0.2, 0.25) is 0 Å². The van der Waals surface area contributed by atoms with Crippen LogP contribution in [-0.2, 0) is 16.1 Å². The summed E-state index contributed by atoms with van der Waals surface area (Å²) in [5.41, 5.74) is 1.55. The van der Waals surface area contributed by atoms with Crippen LogP contribution >= 0.6 is 0 Å². The van der Waals surface area contributed by atoms with Crippen LogP contribution in [0.15, 0.2) is 24.3 Å². The molecule has 0 unspecified atom stereocenters. The fourth-order valence-electron chi connectivity index (χ4n) is 2.92. The van der Waals surface area contributed by atoms with Gasteiger partial charge in [0.25, 0.3) is 0 Å². The molecule has 25 heavy (non-hydrogen) atoms. The number of amides is 2. The number of carbonyl (C=O) groups is 2. The molecule has 0 aliphatic carbocycles. The van der Waals surface area contributed by atoms with Crippen molar-refractivity contribution in [3.05, 3.63) is 35.4 Å². The molecule has 1 heterocycles. The van der Waals surface area contributed by atoms with Crippen LogP contribution in [0.25, 0.3) is 0 Å². The van der Waals surface area contributed by atoms with E-state index in [9.17, 15) is 14.7 Å². The molecule has 1 aliphatic rings. The van der Waals surface area contributed by atoms with E-state index in [0.29, 0.717) is 13.0 Å². The van der Waals surface area contributed by atoms with Crippen LogP contribution in [0, 0.1) is 17.8 Å². The first kappa shape index (κ1) is 19.0. The van der Waals surface area contributed by atoms with Crippen LogP contribution in [0.1, 0.15) is 44.7 Å². The number of carbonyl (C=O) groups excluding carboxylic acids is 2. The van der Waals surface area contributed by atoms with E-state index in [1.807, 2.05) is 45.0 Å². The molecule has 5 nitrogen and oxygen atoms in total. The first-order valence-electron chi connectivity index (χ1n) is 8.50. The van der Waals surface area contributed by atoms with Gasteiger partial charge in [0.05, 0.1) is 6.10 Å². The molecule has 2 atom stereocenters. The molecule has 2 amide bonds. The Balaban J connectivity index is 1.98. The highest BCUT2D eigenvalue weighted by Gasteiger charge is 2.39. The van der Waals surface area contributed by atoms with Gasteiger partial charge in [0, 0.05) is 31.5 Å². The molecular weight excluding hydrogens is 316 g/mol. The summed E-state index contributed by atoms with van der Waals surface area (Å²) in [7, 11) is 0. The van der Waals surface area contributed by atoms with E-state index in [1.54, 1.807) is 0 Å². The van der Waals surface area contributed by atoms with E-state index < -0.39 is 12.1 Å². The molecule has 0 radical (unpaired) electrons. The van der Waals surface area contributed by atoms with Gasteiger partial charge in [0.1, 0.15) is 6.04 Å². The maximum absolute atomic E-state index is 12.5. The van der Waals surface area contributed by atoms with Crippen LogP contribution in [0.3, 0.4) is 0 Å². The molecule has 5 heteroatoms. The van der Waals surface area contributed by atoms with Gasteiger partial charge < -0.3 is 15.3 Å². The smallest absolute Gasteiger partial charge is 0.243 e. The molecule has 0 spiro atoms. The maximum atomic E-state index is 12.5. The molecule has 1 aliphatic heterocycles. The fraction of sp³-hybridized carbons (Fsp3) is 0.500. The van der Waals surface area contributed by atoms with E-state index in [2.05, 4.69) is 11.2 Å². The van der Waals surface area contributed by atoms with Crippen LogP contribution < -0.4 is 5.32 Å². The number of nitrogens with zero attached hydrogens (tertiary/aromatic N) is 1. The van der Waals surface area contributed by atoms with Crippen molar-refractivity contribution < 1.29 is 14.7 Å². The van der Waals surface area contributed by atoms with E-state index >= 15 is 0 Å². The highest BCUT2D eigenvalue weighted by atomic mass is 16.3. The average molecular weight is 342 g/mol. The molecule has 2 rings (SSSR count). The van der Waals surface area contributed by atoms with Crippen LogP contribution in [0.4, 0.5) is 0 Å². The Morgan fingerprint density at radius 2 is 1.96 bits per heavy atom. The largest absolute Gasteiger partial charge is 0.391 e. The summed E-state index contributed by atoms with van der Waals surface area (Å²) in [6, 6.07) is 6.75. The van der Waals surface area contributed by atoms with Gasteiger partial charge in [0.15, 0.2) is 0 Å². The fourth-order valence-corrected chi connectivity index (χ4v) is 2.92. The SMILES string of the molecule is C#Cc1ccc(CNC(=O)[C@@H]2C[C@@H](O)CN2C(=O)CC(C)(C)C)cc1. The normalized spacial score (nSPS) is 20.2. The molecule has 1 aromatic carbocycles. The third-order valence-corrected chi connectivity index (χ3v) is 4.17. The molecule has 0 saturated carbocycles. The highest BCUT2D eigenvalue weighted by Crippen LogP contribution is 2.25. The number of nitrogens with one attached hydrogen (secondary N) is 1. The first-order valence-corrected chi connectivity index (χ1v) is 8.50. The summed E-state index contributed by atoms with van der Waals surface area (Å²) in [5, 5.41) is 12.8. The summed E-state index contributed by atoms with van der Waals surface area (Å²) in [6.45, 7) is 6.51.